The summed E-state index contributed by atoms with van der Waals surface area (Å²) in [6.45, 7) is -0.693. The largest absolute Gasteiger partial charge is 0.435 e. The van der Waals surface area contributed by atoms with Gasteiger partial charge < -0.3 is 10.1 Å². The van der Waals surface area contributed by atoms with Gasteiger partial charge in [-0.2, -0.15) is 8.78 Å². The zero-order valence-electron chi connectivity index (χ0n) is 15.5. The zero-order valence-corrected chi connectivity index (χ0v) is 16.3. The van der Waals surface area contributed by atoms with Gasteiger partial charge in [-0.3, -0.25) is 9.69 Å². The van der Waals surface area contributed by atoms with Crippen molar-refractivity contribution in [3.05, 3.63) is 60.2 Å². The molecular weight excluding hydrogens is 386 g/mol. The molecule has 0 radical (unpaired) electrons. The Morgan fingerprint density at radius 2 is 1.71 bits per heavy atom. The van der Waals surface area contributed by atoms with Crippen molar-refractivity contribution in [2.75, 3.05) is 25.0 Å². The van der Waals surface area contributed by atoms with Crippen LogP contribution < -0.4 is 10.1 Å². The number of carbonyl (C=O) groups is 1. The third kappa shape index (κ3) is 7.09. The van der Waals surface area contributed by atoms with Crippen LogP contribution in [0.2, 0.25) is 0 Å². The fraction of sp³-hybridized carbons (Fsp3) is 0.381. The lowest BCUT2D eigenvalue weighted by molar-refractivity contribution is -0.117. The van der Waals surface area contributed by atoms with Gasteiger partial charge in [-0.15, -0.1) is 12.4 Å². The summed E-state index contributed by atoms with van der Waals surface area (Å²) in [4.78, 5) is 14.4. The number of amides is 1. The maximum Gasteiger partial charge on any atom is 0.387 e. The molecule has 0 spiro atoms. The molecule has 7 heteroatoms. The Kier molecular flexibility index (Phi) is 8.67. The van der Waals surface area contributed by atoms with E-state index in [2.05, 4.69) is 39.2 Å². The number of ether oxygens (including phenoxy) is 1. The summed E-state index contributed by atoms with van der Waals surface area (Å²) in [7, 11) is 0. The Morgan fingerprint density at radius 3 is 2.32 bits per heavy atom. The van der Waals surface area contributed by atoms with Crippen molar-refractivity contribution in [2.45, 2.75) is 25.9 Å². The summed E-state index contributed by atoms with van der Waals surface area (Å²) in [5, 5.41) is 2.80. The molecule has 2 aromatic carbocycles. The standard InChI is InChI=1S/C21H24F2N2O2.ClH/c22-21(23)27-19-8-6-18(7-9-19)24-20(26)15-25-12-10-17(11-13-25)14-16-4-2-1-3-5-16;/h1-9,17,21H,10-15H2,(H,24,26);1H. The van der Waals surface area contributed by atoms with Crippen molar-refractivity contribution < 1.29 is 18.3 Å². The van der Waals surface area contributed by atoms with Crippen LogP contribution in [0.4, 0.5) is 14.5 Å². The van der Waals surface area contributed by atoms with Crippen LogP contribution in [0.25, 0.3) is 0 Å². The Hall–Kier alpha value is -2.18. The molecule has 2 aromatic rings. The van der Waals surface area contributed by atoms with Gasteiger partial charge in [0.1, 0.15) is 5.75 Å². The number of hydrogen-bond acceptors (Lipinski definition) is 3. The van der Waals surface area contributed by atoms with Crippen molar-refractivity contribution >= 4 is 24.0 Å². The highest BCUT2D eigenvalue weighted by molar-refractivity contribution is 5.92. The molecule has 1 aliphatic heterocycles. The second kappa shape index (κ2) is 11.0. The lowest BCUT2D eigenvalue weighted by Gasteiger charge is -2.31. The van der Waals surface area contributed by atoms with E-state index in [-0.39, 0.29) is 24.1 Å². The van der Waals surface area contributed by atoms with E-state index in [1.165, 1.54) is 17.7 Å². The summed E-state index contributed by atoms with van der Waals surface area (Å²) in [6.07, 6.45) is 3.26. The molecule has 1 N–H and O–H groups in total. The molecule has 28 heavy (non-hydrogen) atoms. The van der Waals surface area contributed by atoms with Crippen LogP contribution >= 0.6 is 12.4 Å². The molecule has 0 atom stereocenters. The van der Waals surface area contributed by atoms with Gasteiger partial charge in [0.05, 0.1) is 6.54 Å². The van der Waals surface area contributed by atoms with E-state index in [9.17, 15) is 13.6 Å². The van der Waals surface area contributed by atoms with Gasteiger partial charge in [-0.1, -0.05) is 30.3 Å². The maximum absolute atomic E-state index is 12.2. The highest BCUT2D eigenvalue weighted by Crippen LogP contribution is 2.22. The number of anilines is 1. The minimum Gasteiger partial charge on any atom is -0.435 e. The van der Waals surface area contributed by atoms with E-state index < -0.39 is 6.61 Å². The van der Waals surface area contributed by atoms with Crippen molar-refractivity contribution in [1.29, 1.82) is 0 Å². The van der Waals surface area contributed by atoms with Gasteiger partial charge >= 0.3 is 6.61 Å². The lowest BCUT2D eigenvalue weighted by atomic mass is 9.90. The molecule has 1 heterocycles. The third-order valence-electron chi connectivity index (χ3n) is 4.80. The average molecular weight is 411 g/mol. The van der Waals surface area contributed by atoms with E-state index in [0.717, 1.165) is 32.4 Å². The third-order valence-corrected chi connectivity index (χ3v) is 4.80. The van der Waals surface area contributed by atoms with Crippen molar-refractivity contribution in [3.63, 3.8) is 0 Å². The summed E-state index contributed by atoms with van der Waals surface area (Å²) >= 11 is 0. The highest BCUT2D eigenvalue weighted by atomic mass is 35.5. The molecule has 0 saturated carbocycles. The van der Waals surface area contributed by atoms with E-state index >= 15 is 0 Å². The van der Waals surface area contributed by atoms with Crippen LogP contribution in [-0.2, 0) is 11.2 Å². The second-order valence-corrected chi connectivity index (χ2v) is 6.86. The quantitative estimate of drug-likeness (QED) is 0.725. The molecule has 152 valence electrons. The molecule has 0 aromatic heterocycles. The smallest absolute Gasteiger partial charge is 0.387 e. The molecule has 1 fully saturated rings. The van der Waals surface area contributed by atoms with Crippen LogP contribution in [0.15, 0.2) is 54.6 Å². The summed E-state index contributed by atoms with van der Waals surface area (Å²) in [6, 6.07) is 16.4. The van der Waals surface area contributed by atoms with Gasteiger partial charge in [-0.05, 0) is 68.1 Å². The average Bonchev–Trinajstić information content (AvgIpc) is 2.65. The monoisotopic (exact) mass is 410 g/mol. The van der Waals surface area contributed by atoms with Crippen molar-refractivity contribution in [3.8, 4) is 5.75 Å². The SMILES string of the molecule is Cl.O=C(CN1CCC(Cc2ccccc2)CC1)Nc1ccc(OC(F)F)cc1. The van der Waals surface area contributed by atoms with Gasteiger partial charge in [-0.25, -0.2) is 0 Å². The summed E-state index contributed by atoms with van der Waals surface area (Å²) < 4.78 is 28.6. The first kappa shape index (κ1) is 22.1. The first-order valence-electron chi connectivity index (χ1n) is 9.19. The first-order chi connectivity index (χ1) is 13.1. The van der Waals surface area contributed by atoms with E-state index in [1.54, 1.807) is 12.1 Å². The molecule has 1 saturated heterocycles. The Labute approximate surface area is 170 Å². The molecular formula is C21H25ClF2N2O2. The molecule has 3 rings (SSSR count). The van der Waals surface area contributed by atoms with Crippen LogP contribution in [0.5, 0.6) is 5.75 Å². The predicted octanol–water partition coefficient (Wildman–Crippen LogP) is 4.60. The highest BCUT2D eigenvalue weighted by Gasteiger charge is 2.21. The number of likely N-dealkylation sites (tertiary alicyclic amines) is 1. The molecule has 0 bridgehead atoms. The minimum atomic E-state index is -2.85. The number of hydrogen-bond donors (Lipinski definition) is 1. The van der Waals surface area contributed by atoms with Crippen molar-refractivity contribution in [2.24, 2.45) is 5.92 Å². The van der Waals surface area contributed by atoms with E-state index in [4.69, 9.17) is 0 Å². The predicted molar refractivity (Wildman–Crippen MR) is 108 cm³/mol. The molecule has 1 aliphatic rings. The van der Waals surface area contributed by atoms with Crippen LogP contribution in [0, 0.1) is 5.92 Å². The first-order valence-corrected chi connectivity index (χ1v) is 9.19. The Balaban J connectivity index is 0.00000280. The lowest BCUT2D eigenvalue weighted by Crippen LogP contribution is -2.39. The van der Waals surface area contributed by atoms with Crippen LogP contribution in [-0.4, -0.2) is 37.1 Å². The number of carbonyl (C=O) groups excluding carboxylic acids is 1. The molecule has 0 aliphatic carbocycles. The van der Waals surface area contributed by atoms with Crippen LogP contribution in [0.1, 0.15) is 18.4 Å². The Bertz CT molecular complexity index is 721. The van der Waals surface area contributed by atoms with E-state index in [0.29, 0.717) is 18.2 Å². The van der Waals surface area contributed by atoms with Gasteiger partial charge in [0, 0.05) is 5.69 Å². The number of halogens is 3. The fourth-order valence-electron chi connectivity index (χ4n) is 3.42. The van der Waals surface area contributed by atoms with E-state index in [1.807, 2.05) is 6.07 Å². The number of alkyl halides is 2. The zero-order chi connectivity index (χ0) is 19.1. The fourth-order valence-corrected chi connectivity index (χ4v) is 3.42. The maximum atomic E-state index is 12.2. The summed E-state index contributed by atoms with van der Waals surface area (Å²) in [5.74, 6) is 0.636. The normalized spacial score (nSPS) is 15.1. The summed E-state index contributed by atoms with van der Waals surface area (Å²) in [5.41, 5.74) is 1.94. The minimum absolute atomic E-state index is 0. The van der Waals surface area contributed by atoms with Crippen LogP contribution in [0.3, 0.4) is 0 Å². The van der Waals surface area contributed by atoms with Crippen molar-refractivity contribution in [1.82, 2.24) is 4.90 Å². The number of piperidine rings is 1. The molecule has 1 amide bonds. The van der Waals surface area contributed by atoms with Gasteiger partial charge in [0.15, 0.2) is 0 Å². The van der Waals surface area contributed by atoms with Gasteiger partial charge in [0.2, 0.25) is 5.91 Å². The second-order valence-electron chi connectivity index (χ2n) is 6.86. The number of nitrogens with one attached hydrogen (secondary N) is 1. The Morgan fingerprint density at radius 1 is 1.07 bits per heavy atom. The molecule has 4 nitrogen and oxygen atoms in total. The molecule has 0 unspecified atom stereocenters. The number of nitrogens with zero attached hydrogens (tertiary/aromatic N) is 1. The number of benzene rings is 2. The van der Waals surface area contributed by atoms with Gasteiger partial charge in [0.25, 0.3) is 0 Å². The topological polar surface area (TPSA) is 41.6 Å². The number of rotatable bonds is 7.